The van der Waals surface area contributed by atoms with Gasteiger partial charge in [0.05, 0.1) is 17.8 Å². The maximum Gasteiger partial charge on any atom is 0.295 e. The van der Waals surface area contributed by atoms with Crippen LogP contribution in [0.25, 0.3) is 16.6 Å². The Labute approximate surface area is 188 Å². The number of Topliss-reactive ketones (excluding diaryl/α,β-unsaturated/α-hetero) is 1. The molecule has 5 rings (SSSR count). The van der Waals surface area contributed by atoms with Gasteiger partial charge < -0.3 is 9.88 Å². The van der Waals surface area contributed by atoms with Gasteiger partial charge in [0.2, 0.25) is 0 Å². The number of halogens is 1. The van der Waals surface area contributed by atoms with Crippen molar-refractivity contribution in [1.82, 2.24) is 35.0 Å². The number of fused-ring (bicyclic) bond motifs is 1. The number of hydrogen-bond donors (Lipinski definition) is 1. The smallest absolute Gasteiger partial charge is 0.295 e. The van der Waals surface area contributed by atoms with Gasteiger partial charge >= 0.3 is 0 Å². The van der Waals surface area contributed by atoms with Crippen molar-refractivity contribution >= 4 is 22.6 Å². The summed E-state index contributed by atoms with van der Waals surface area (Å²) in [5.74, 6) is -0.685. The molecule has 1 amide bonds. The molecule has 9 nitrogen and oxygen atoms in total. The number of amides is 1. The second kappa shape index (κ2) is 8.55. The van der Waals surface area contributed by atoms with Crippen molar-refractivity contribution in [3.8, 4) is 5.69 Å². The lowest BCUT2D eigenvalue weighted by Gasteiger charge is -2.34. The predicted octanol–water partition coefficient (Wildman–Crippen LogP) is 2.12. The molecule has 2 aromatic carbocycles. The minimum absolute atomic E-state index is 0.327. The van der Waals surface area contributed by atoms with Crippen molar-refractivity contribution in [2.45, 2.75) is 13.5 Å². The molecule has 0 unspecified atom stereocenters. The van der Waals surface area contributed by atoms with Crippen LogP contribution in [0.4, 0.5) is 4.39 Å². The molecular weight excluding hydrogens is 425 g/mol. The number of carbonyl (C=O) groups excluding carboxylic acids is 2. The Bertz CT molecular complexity index is 1320. The number of tetrazole rings is 1. The van der Waals surface area contributed by atoms with E-state index in [9.17, 15) is 14.0 Å². The first-order valence-electron chi connectivity index (χ1n) is 10.7. The van der Waals surface area contributed by atoms with Crippen LogP contribution in [-0.2, 0) is 11.3 Å². The number of H-pyrrole nitrogens is 1. The van der Waals surface area contributed by atoms with Crippen molar-refractivity contribution in [2.24, 2.45) is 0 Å². The second-order valence-electron chi connectivity index (χ2n) is 8.05. The molecule has 0 atom stereocenters. The van der Waals surface area contributed by atoms with Gasteiger partial charge in [-0.25, -0.2) is 4.39 Å². The van der Waals surface area contributed by atoms with E-state index in [0.29, 0.717) is 55.5 Å². The molecule has 1 aliphatic rings. The molecule has 1 aliphatic heterocycles. The normalized spacial score (nSPS) is 14.7. The first-order chi connectivity index (χ1) is 16.0. The average molecular weight is 447 g/mol. The van der Waals surface area contributed by atoms with Gasteiger partial charge in [0.25, 0.3) is 11.7 Å². The van der Waals surface area contributed by atoms with Crippen molar-refractivity contribution < 1.29 is 14.0 Å². The number of aromatic amines is 1. The number of carbonyl (C=O) groups is 2. The van der Waals surface area contributed by atoms with E-state index < -0.39 is 11.7 Å². The summed E-state index contributed by atoms with van der Waals surface area (Å²) in [6, 6.07) is 13.4. The monoisotopic (exact) mass is 447 g/mol. The number of benzene rings is 2. The average Bonchev–Trinajstić information content (AvgIpc) is 3.42. The molecule has 0 bridgehead atoms. The molecule has 3 heterocycles. The lowest BCUT2D eigenvalue weighted by Crippen LogP contribution is -2.50. The van der Waals surface area contributed by atoms with Crippen LogP contribution in [0.2, 0.25) is 0 Å². The van der Waals surface area contributed by atoms with Crippen LogP contribution in [0.15, 0.2) is 48.5 Å². The molecule has 10 heteroatoms. The highest BCUT2D eigenvalue weighted by Crippen LogP contribution is 2.23. The van der Waals surface area contributed by atoms with Gasteiger partial charge in [-0.3, -0.25) is 14.5 Å². The SMILES string of the molecule is Cc1[nH]c2ccccc2c1C(=O)C(=O)N1CCN(Cc2nnnn2-c2ccc(F)cc2)CC1. The number of piperazine rings is 1. The zero-order chi connectivity index (χ0) is 22.9. The van der Waals surface area contributed by atoms with Gasteiger partial charge in [0.1, 0.15) is 5.82 Å². The van der Waals surface area contributed by atoms with Crippen LogP contribution >= 0.6 is 0 Å². The highest BCUT2D eigenvalue weighted by Gasteiger charge is 2.30. The van der Waals surface area contributed by atoms with Gasteiger partial charge in [-0.2, -0.15) is 4.68 Å². The van der Waals surface area contributed by atoms with Crippen molar-refractivity contribution in [1.29, 1.82) is 0 Å². The number of nitrogens with zero attached hydrogens (tertiary/aromatic N) is 6. The lowest BCUT2D eigenvalue weighted by atomic mass is 10.1. The van der Waals surface area contributed by atoms with E-state index >= 15 is 0 Å². The molecule has 4 aromatic rings. The van der Waals surface area contributed by atoms with Gasteiger partial charge in [-0.05, 0) is 47.7 Å². The van der Waals surface area contributed by atoms with Crippen LogP contribution in [0.1, 0.15) is 21.9 Å². The summed E-state index contributed by atoms with van der Waals surface area (Å²) in [7, 11) is 0. The fraction of sp³-hybridized carbons (Fsp3) is 0.261. The largest absolute Gasteiger partial charge is 0.358 e. The van der Waals surface area contributed by atoms with Crippen molar-refractivity contribution in [2.75, 3.05) is 26.2 Å². The Hall–Kier alpha value is -3.92. The maximum absolute atomic E-state index is 13.2. The number of nitrogens with one attached hydrogen (secondary N) is 1. The van der Waals surface area contributed by atoms with E-state index in [1.54, 1.807) is 21.7 Å². The quantitative estimate of drug-likeness (QED) is 0.372. The highest BCUT2D eigenvalue weighted by atomic mass is 19.1. The first-order valence-corrected chi connectivity index (χ1v) is 10.7. The van der Waals surface area contributed by atoms with Crippen LogP contribution < -0.4 is 0 Å². The first kappa shape index (κ1) is 21.0. The number of ketones is 1. The Morgan fingerprint density at radius 2 is 1.76 bits per heavy atom. The zero-order valence-corrected chi connectivity index (χ0v) is 18.0. The van der Waals surface area contributed by atoms with Crippen LogP contribution in [0.5, 0.6) is 0 Å². The minimum atomic E-state index is -0.487. The standard InChI is InChI=1S/C23H22FN7O2/c1-15-21(18-4-2-3-5-19(18)25-15)22(32)23(33)30-12-10-29(11-13-30)14-20-26-27-28-31(20)17-8-6-16(24)7-9-17/h2-9,25H,10-14H2,1H3. The third kappa shape index (κ3) is 4.00. The number of hydrogen-bond acceptors (Lipinski definition) is 6. The van der Waals surface area contributed by atoms with Crippen LogP contribution in [0, 0.1) is 12.7 Å². The topological polar surface area (TPSA) is 100 Å². The van der Waals surface area contributed by atoms with Gasteiger partial charge in [0, 0.05) is 42.8 Å². The van der Waals surface area contributed by atoms with E-state index in [-0.39, 0.29) is 5.82 Å². The van der Waals surface area contributed by atoms with Crippen molar-refractivity contribution in [3.63, 3.8) is 0 Å². The third-order valence-electron chi connectivity index (χ3n) is 5.94. The fourth-order valence-corrected chi connectivity index (χ4v) is 4.22. The number of aromatic nitrogens is 5. The molecule has 1 saturated heterocycles. The predicted molar refractivity (Wildman–Crippen MR) is 118 cm³/mol. The molecule has 0 spiro atoms. The zero-order valence-electron chi connectivity index (χ0n) is 18.0. The molecule has 2 aromatic heterocycles. The second-order valence-corrected chi connectivity index (χ2v) is 8.05. The summed E-state index contributed by atoms with van der Waals surface area (Å²) in [5.41, 5.74) is 2.65. The van der Waals surface area contributed by atoms with E-state index in [0.717, 1.165) is 10.9 Å². The number of rotatable bonds is 5. The number of aryl methyl sites for hydroxylation is 1. The van der Waals surface area contributed by atoms with Gasteiger partial charge in [-0.1, -0.05) is 18.2 Å². The van der Waals surface area contributed by atoms with E-state index in [1.807, 2.05) is 31.2 Å². The summed E-state index contributed by atoms with van der Waals surface area (Å²) in [6.45, 7) is 4.32. The Kier molecular flexibility index (Phi) is 5.43. The molecule has 0 saturated carbocycles. The molecule has 0 aliphatic carbocycles. The third-order valence-corrected chi connectivity index (χ3v) is 5.94. The molecular formula is C23H22FN7O2. The van der Waals surface area contributed by atoms with E-state index in [2.05, 4.69) is 25.4 Å². The molecule has 33 heavy (non-hydrogen) atoms. The Balaban J connectivity index is 1.24. The lowest BCUT2D eigenvalue weighted by molar-refractivity contribution is -0.128. The molecule has 0 radical (unpaired) electrons. The van der Waals surface area contributed by atoms with Crippen molar-refractivity contribution in [3.05, 3.63) is 71.4 Å². The minimum Gasteiger partial charge on any atom is -0.358 e. The summed E-state index contributed by atoms with van der Waals surface area (Å²) >= 11 is 0. The van der Waals surface area contributed by atoms with Gasteiger partial charge in [-0.15, -0.1) is 5.10 Å². The molecule has 168 valence electrons. The van der Waals surface area contributed by atoms with Gasteiger partial charge in [0.15, 0.2) is 5.82 Å². The molecule has 1 fully saturated rings. The van der Waals surface area contributed by atoms with E-state index in [4.69, 9.17) is 0 Å². The number of para-hydroxylation sites is 1. The highest BCUT2D eigenvalue weighted by molar-refractivity contribution is 6.45. The Morgan fingerprint density at radius 3 is 2.52 bits per heavy atom. The summed E-state index contributed by atoms with van der Waals surface area (Å²) < 4.78 is 14.8. The molecule has 1 N–H and O–H groups in total. The fourth-order valence-electron chi connectivity index (χ4n) is 4.22. The maximum atomic E-state index is 13.2. The van der Waals surface area contributed by atoms with Crippen LogP contribution in [0.3, 0.4) is 0 Å². The summed E-state index contributed by atoms with van der Waals surface area (Å²) in [5, 5.41) is 12.6. The van der Waals surface area contributed by atoms with E-state index in [1.165, 1.54) is 12.1 Å². The summed E-state index contributed by atoms with van der Waals surface area (Å²) in [4.78, 5) is 32.9. The van der Waals surface area contributed by atoms with Crippen LogP contribution in [-0.4, -0.2) is 72.9 Å². The summed E-state index contributed by atoms with van der Waals surface area (Å²) in [6.07, 6.45) is 0. The Morgan fingerprint density at radius 1 is 1.03 bits per heavy atom.